The van der Waals surface area contributed by atoms with Gasteiger partial charge in [-0.2, -0.15) is 0 Å². The summed E-state index contributed by atoms with van der Waals surface area (Å²) in [7, 11) is 0. The molecule has 3 saturated carbocycles. The predicted molar refractivity (Wildman–Crippen MR) is 109 cm³/mol. The molecule has 0 saturated heterocycles. The Labute approximate surface area is 166 Å². The summed E-state index contributed by atoms with van der Waals surface area (Å²) >= 11 is 1.33. The van der Waals surface area contributed by atoms with Gasteiger partial charge in [0.25, 0.3) is 0 Å². The molecule has 3 aliphatic carbocycles. The number of thioether (sulfide) groups is 1. The second-order valence-electron chi connectivity index (χ2n) is 8.69. The molecule has 5 heteroatoms. The van der Waals surface area contributed by atoms with E-state index in [2.05, 4.69) is 19.6 Å². The van der Waals surface area contributed by atoms with E-state index in [1.165, 1.54) is 17.3 Å². The van der Waals surface area contributed by atoms with E-state index in [4.69, 9.17) is 0 Å². The number of aliphatic hydroxyl groups is 3. The number of fused-ring (bicyclic) bond motifs is 1. The number of aliphatic hydroxyl groups excluding tert-OH is 3. The molecule has 3 rings (SSSR count). The summed E-state index contributed by atoms with van der Waals surface area (Å²) in [6.07, 6.45) is 7.41. The molecule has 0 radical (unpaired) electrons. The van der Waals surface area contributed by atoms with E-state index < -0.39 is 12.2 Å². The zero-order chi connectivity index (χ0) is 19.8. The molecule has 0 aromatic heterocycles. The minimum Gasteiger partial charge on any atom is -0.393 e. The van der Waals surface area contributed by atoms with Gasteiger partial charge in [0.15, 0.2) is 5.12 Å². The molecule has 150 valence electrons. The molecule has 4 nitrogen and oxygen atoms in total. The second kappa shape index (κ2) is 8.24. The van der Waals surface area contributed by atoms with Crippen LogP contribution in [0.1, 0.15) is 52.4 Å². The second-order valence-corrected chi connectivity index (χ2v) is 9.89. The van der Waals surface area contributed by atoms with Gasteiger partial charge in [0.1, 0.15) is 0 Å². The van der Waals surface area contributed by atoms with Crippen LogP contribution in [0.25, 0.3) is 0 Å². The van der Waals surface area contributed by atoms with E-state index in [0.29, 0.717) is 30.1 Å². The monoisotopic (exact) mass is 392 g/mol. The third kappa shape index (κ3) is 4.26. The highest BCUT2D eigenvalue weighted by molar-refractivity contribution is 8.13. The van der Waals surface area contributed by atoms with E-state index in [-0.39, 0.29) is 22.6 Å². The van der Waals surface area contributed by atoms with Crippen molar-refractivity contribution in [2.75, 3.05) is 5.75 Å². The first-order chi connectivity index (χ1) is 12.7. The third-order valence-electron chi connectivity index (χ3n) is 6.94. The number of allylic oxidation sites excluding steroid dienone is 3. The Bertz CT molecular complexity index is 667. The van der Waals surface area contributed by atoms with Crippen molar-refractivity contribution < 1.29 is 20.1 Å². The van der Waals surface area contributed by atoms with Gasteiger partial charge in [-0.05, 0) is 54.6 Å². The van der Waals surface area contributed by atoms with Crippen molar-refractivity contribution in [1.29, 1.82) is 0 Å². The summed E-state index contributed by atoms with van der Waals surface area (Å²) in [4.78, 5) is 11.4. The van der Waals surface area contributed by atoms with Gasteiger partial charge in [0, 0.05) is 25.0 Å². The predicted octanol–water partition coefficient (Wildman–Crippen LogP) is 3.38. The van der Waals surface area contributed by atoms with Crippen LogP contribution < -0.4 is 0 Å². The minimum atomic E-state index is -0.670. The Balaban J connectivity index is 1.81. The van der Waals surface area contributed by atoms with E-state index >= 15 is 0 Å². The van der Waals surface area contributed by atoms with Gasteiger partial charge < -0.3 is 15.3 Å². The fraction of sp³-hybridized carbons (Fsp3) is 0.682. The SMILES string of the molecule is C=C1C(=CC=C2CCC[C@]3(C)C(CSC(C)=O)C(O)C[C@@H]23)CC(O)CC1O. The van der Waals surface area contributed by atoms with Crippen LogP contribution in [-0.2, 0) is 4.79 Å². The van der Waals surface area contributed by atoms with E-state index in [1.54, 1.807) is 6.92 Å². The van der Waals surface area contributed by atoms with Gasteiger partial charge in [-0.15, -0.1) is 0 Å². The number of hydrogen-bond acceptors (Lipinski definition) is 5. The first-order valence-electron chi connectivity index (χ1n) is 9.98. The molecule has 6 atom stereocenters. The van der Waals surface area contributed by atoms with Gasteiger partial charge in [-0.3, -0.25) is 4.79 Å². The van der Waals surface area contributed by atoms with E-state index in [0.717, 1.165) is 31.3 Å². The molecular weight excluding hydrogens is 360 g/mol. The van der Waals surface area contributed by atoms with Crippen LogP contribution in [-0.4, -0.2) is 44.5 Å². The normalized spacial score (nSPS) is 42.6. The minimum absolute atomic E-state index is 0.0209. The summed E-state index contributed by atoms with van der Waals surface area (Å²) in [5.41, 5.74) is 2.99. The molecule has 3 aliphatic rings. The lowest BCUT2D eigenvalue weighted by molar-refractivity contribution is -0.109. The summed E-state index contributed by atoms with van der Waals surface area (Å²) in [6, 6.07) is 0. The van der Waals surface area contributed by atoms with Gasteiger partial charge in [0.05, 0.1) is 18.3 Å². The van der Waals surface area contributed by atoms with Gasteiger partial charge in [-0.25, -0.2) is 0 Å². The Kier molecular flexibility index (Phi) is 6.36. The maximum absolute atomic E-state index is 11.4. The summed E-state index contributed by atoms with van der Waals surface area (Å²) in [6.45, 7) is 7.84. The topological polar surface area (TPSA) is 77.8 Å². The average molecular weight is 393 g/mol. The molecule has 0 amide bonds. The maximum atomic E-state index is 11.4. The van der Waals surface area contributed by atoms with Crippen molar-refractivity contribution in [3.05, 3.63) is 35.5 Å². The van der Waals surface area contributed by atoms with Gasteiger partial charge >= 0.3 is 0 Å². The summed E-state index contributed by atoms with van der Waals surface area (Å²) < 4.78 is 0. The van der Waals surface area contributed by atoms with Gasteiger partial charge in [-0.1, -0.05) is 43.0 Å². The van der Waals surface area contributed by atoms with E-state index in [1.807, 2.05) is 6.08 Å². The summed E-state index contributed by atoms with van der Waals surface area (Å²) in [5.74, 6) is 1.15. The zero-order valence-electron chi connectivity index (χ0n) is 16.4. The molecule has 3 N–H and O–H groups in total. The molecule has 0 aromatic carbocycles. The van der Waals surface area contributed by atoms with Crippen molar-refractivity contribution >= 4 is 16.9 Å². The lowest BCUT2D eigenvalue weighted by Crippen LogP contribution is -2.36. The highest BCUT2D eigenvalue weighted by Gasteiger charge is 2.53. The highest BCUT2D eigenvalue weighted by atomic mass is 32.2. The molecule has 27 heavy (non-hydrogen) atoms. The van der Waals surface area contributed by atoms with Crippen LogP contribution in [0.5, 0.6) is 0 Å². The van der Waals surface area contributed by atoms with Crippen LogP contribution in [0.15, 0.2) is 35.5 Å². The number of rotatable bonds is 3. The Morgan fingerprint density at radius 2 is 2.04 bits per heavy atom. The zero-order valence-corrected chi connectivity index (χ0v) is 17.2. The van der Waals surface area contributed by atoms with Crippen molar-refractivity contribution in [2.45, 2.75) is 70.7 Å². The van der Waals surface area contributed by atoms with Crippen molar-refractivity contribution in [3.8, 4) is 0 Å². The molecule has 0 heterocycles. The van der Waals surface area contributed by atoms with Crippen molar-refractivity contribution in [3.63, 3.8) is 0 Å². The van der Waals surface area contributed by atoms with Crippen LogP contribution in [0.2, 0.25) is 0 Å². The fourth-order valence-corrected chi connectivity index (χ4v) is 6.35. The third-order valence-corrected chi connectivity index (χ3v) is 7.88. The molecule has 4 unspecified atom stereocenters. The molecule has 0 spiro atoms. The maximum Gasteiger partial charge on any atom is 0.185 e. The van der Waals surface area contributed by atoms with Crippen LogP contribution in [0.3, 0.4) is 0 Å². The Morgan fingerprint density at radius 3 is 2.74 bits per heavy atom. The number of carbonyl (C=O) groups is 1. The smallest absolute Gasteiger partial charge is 0.185 e. The fourth-order valence-electron chi connectivity index (χ4n) is 5.33. The number of carbonyl (C=O) groups excluding carboxylic acids is 1. The average Bonchev–Trinajstić information content (AvgIpc) is 2.85. The Hall–Kier alpha value is -0.880. The van der Waals surface area contributed by atoms with Crippen LogP contribution >= 0.6 is 11.8 Å². The lowest BCUT2D eigenvalue weighted by Gasteiger charge is -2.42. The standard InChI is InChI=1S/C22H32O4S/c1-13-16(9-17(24)10-20(13)25)7-6-15-5-4-8-22(3)18(15)11-21(26)19(22)12-27-14(2)23/h6-7,17-21,24-26H,1,4-5,8-12H2,2-3H3/t17?,18-,19?,20?,21?,22-/m0/s1. The largest absolute Gasteiger partial charge is 0.393 e. The molecule has 0 aliphatic heterocycles. The molecule has 3 fully saturated rings. The molecule has 0 aromatic rings. The van der Waals surface area contributed by atoms with Gasteiger partial charge in [0.2, 0.25) is 0 Å². The quantitative estimate of drug-likeness (QED) is 0.686. The van der Waals surface area contributed by atoms with Crippen molar-refractivity contribution in [1.82, 2.24) is 0 Å². The molecule has 0 bridgehead atoms. The van der Waals surface area contributed by atoms with Crippen LogP contribution in [0.4, 0.5) is 0 Å². The first-order valence-corrected chi connectivity index (χ1v) is 11.0. The molecular formula is C22H32O4S. The van der Waals surface area contributed by atoms with Crippen LogP contribution in [0, 0.1) is 17.3 Å². The summed E-state index contributed by atoms with van der Waals surface area (Å²) in [5, 5.41) is 30.8. The van der Waals surface area contributed by atoms with E-state index in [9.17, 15) is 20.1 Å². The highest BCUT2D eigenvalue weighted by Crippen LogP contribution is 2.58. The Morgan fingerprint density at radius 1 is 1.30 bits per heavy atom. The number of hydrogen-bond donors (Lipinski definition) is 3. The lowest BCUT2D eigenvalue weighted by atomic mass is 9.64. The van der Waals surface area contributed by atoms with Crippen molar-refractivity contribution in [2.24, 2.45) is 17.3 Å². The first kappa shape index (κ1) is 20.8.